The Hall–Kier alpha value is -0.280. The van der Waals surface area contributed by atoms with Crippen molar-refractivity contribution in [1.29, 1.82) is 0 Å². The number of carbonyl (C=O) groups is 1. The zero-order chi connectivity index (χ0) is 10.9. The second-order valence-corrected chi connectivity index (χ2v) is 4.52. The van der Waals surface area contributed by atoms with E-state index in [2.05, 4.69) is 10.6 Å². The van der Waals surface area contributed by atoms with Crippen LogP contribution < -0.4 is 10.6 Å². The highest BCUT2D eigenvalue weighted by atomic mass is 35.5. The molecule has 1 fully saturated rings. The summed E-state index contributed by atoms with van der Waals surface area (Å²) in [6.45, 7) is 1.61. The maximum absolute atomic E-state index is 11.6. The SMILES string of the molecule is CNCCNC(=O)CC1CCCCCC1.Cl. The Morgan fingerprint density at radius 3 is 2.31 bits per heavy atom. The molecule has 0 heterocycles. The fourth-order valence-electron chi connectivity index (χ4n) is 2.23. The first-order valence-corrected chi connectivity index (χ1v) is 6.24. The van der Waals surface area contributed by atoms with Gasteiger partial charge in [0.15, 0.2) is 0 Å². The predicted octanol–water partition coefficient (Wildman–Crippen LogP) is 2.10. The summed E-state index contributed by atoms with van der Waals surface area (Å²) in [7, 11) is 1.90. The van der Waals surface area contributed by atoms with Gasteiger partial charge < -0.3 is 10.6 Å². The summed E-state index contributed by atoms with van der Waals surface area (Å²) in [4.78, 5) is 11.6. The van der Waals surface area contributed by atoms with Crippen LogP contribution in [-0.4, -0.2) is 26.0 Å². The van der Waals surface area contributed by atoms with Gasteiger partial charge in [-0.25, -0.2) is 0 Å². The number of halogens is 1. The molecule has 1 aliphatic rings. The minimum absolute atomic E-state index is 0. The first-order chi connectivity index (χ1) is 7.33. The van der Waals surface area contributed by atoms with Crippen molar-refractivity contribution >= 4 is 18.3 Å². The Labute approximate surface area is 105 Å². The fourth-order valence-corrected chi connectivity index (χ4v) is 2.23. The molecular formula is C12H25ClN2O. The molecule has 1 aliphatic carbocycles. The Bertz CT molecular complexity index is 180. The smallest absolute Gasteiger partial charge is 0.220 e. The molecule has 4 heteroatoms. The highest BCUT2D eigenvalue weighted by Crippen LogP contribution is 2.25. The average molecular weight is 249 g/mol. The monoisotopic (exact) mass is 248 g/mol. The van der Waals surface area contributed by atoms with E-state index >= 15 is 0 Å². The van der Waals surface area contributed by atoms with Crippen LogP contribution in [0.2, 0.25) is 0 Å². The van der Waals surface area contributed by atoms with Gasteiger partial charge in [-0.3, -0.25) is 4.79 Å². The van der Waals surface area contributed by atoms with Crippen molar-refractivity contribution in [2.45, 2.75) is 44.9 Å². The molecule has 0 aliphatic heterocycles. The number of nitrogens with one attached hydrogen (secondary N) is 2. The van der Waals surface area contributed by atoms with E-state index in [0.29, 0.717) is 5.92 Å². The minimum atomic E-state index is 0. The van der Waals surface area contributed by atoms with Gasteiger partial charge in [0.25, 0.3) is 0 Å². The normalized spacial score (nSPS) is 17.3. The molecule has 0 atom stereocenters. The standard InChI is InChI=1S/C12H24N2O.ClH/c1-13-8-9-14-12(15)10-11-6-4-2-3-5-7-11;/h11,13H,2-10H2,1H3,(H,14,15);1H. The lowest BCUT2D eigenvalue weighted by Crippen LogP contribution is -2.31. The summed E-state index contributed by atoms with van der Waals surface area (Å²) >= 11 is 0. The first-order valence-electron chi connectivity index (χ1n) is 6.24. The van der Waals surface area contributed by atoms with Crippen LogP contribution in [0.25, 0.3) is 0 Å². The van der Waals surface area contributed by atoms with Crippen LogP contribution in [0.4, 0.5) is 0 Å². The Morgan fingerprint density at radius 2 is 1.75 bits per heavy atom. The van der Waals surface area contributed by atoms with Gasteiger partial charge in [-0.2, -0.15) is 0 Å². The molecule has 1 amide bonds. The van der Waals surface area contributed by atoms with E-state index in [1.165, 1.54) is 38.5 Å². The summed E-state index contributed by atoms with van der Waals surface area (Å²) in [5.41, 5.74) is 0. The molecule has 1 saturated carbocycles. The Morgan fingerprint density at radius 1 is 1.12 bits per heavy atom. The Balaban J connectivity index is 0.00000225. The largest absolute Gasteiger partial charge is 0.355 e. The van der Waals surface area contributed by atoms with Crippen molar-refractivity contribution in [2.24, 2.45) is 5.92 Å². The topological polar surface area (TPSA) is 41.1 Å². The molecule has 0 aromatic heterocycles. The summed E-state index contributed by atoms with van der Waals surface area (Å²) in [6, 6.07) is 0. The van der Waals surface area contributed by atoms with Gasteiger partial charge in [0, 0.05) is 19.5 Å². The van der Waals surface area contributed by atoms with Crippen LogP contribution in [0, 0.1) is 5.92 Å². The van der Waals surface area contributed by atoms with E-state index in [-0.39, 0.29) is 18.3 Å². The van der Waals surface area contributed by atoms with Gasteiger partial charge in [-0.1, -0.05) is 25.7 Å². The molecule has 0 bridgehead atoms. The molecule has 3 nitrogen and oxygen atoms in total. The highest BCUT2D eigenvalue weighted by Gasteiger charge is 2.15. The minimum Gasteiger partial charge on any atom is -0.355 e. The van der Waals surface area contributed by atoms with Gasteiger partial charge in [-0.15, -0.1) is 12.4 Å². The van der Waals surface area contributed by atoms with Gasteiger partial charge in [0.2, 0.25) is 5.91 Å². The van der Waals surface area contributed by atoms with E-state index in [4.69, 9.17) is 0 Å². The third-order valence-electron chi connectivity index (χ3n) is 3.15. The number of likely N-dealkylation sites (N-methyl/N-ethyl adjacent to an activating group) is 1. The number of hydrogen-bond acceptors (Lipinski definition) is 2. The van der Waals surface area contributed by atoms with Crippen molar-refractivity contribution in [1.82, 2.24) is 10.6 Å². The molecule has 2 N–H and O–H groups in total. The van der Waals surface area contributed by atoms with Crippen molar-refractivity contribution in [2.75, 3.05) is 20.1 Å². The molecule has 0 aromatic carbocycles. The number of amides is 1. The quantitative estimate of drug-likeness (QED) is 0.578. The molecule has 0 aromatic rings. The molecule has 1 rings (SSSR count). The lowest BCUT2D eigenvalue weighted by atomic mass is 9.96. The maximum Gasteiger partial charge on any atom is 0.220 e. The van der Waals surface area contributed by atoms with Gasteiger partial charge in [0.05, 0.1) is 0 Å². The fraction of sp³-hybridized carbons (Fsp3) is 0.917. The Kier molecular flexibility index (Phi) is 9.74. The van der Waals surface area contributed by atoms with Crippen molar-refractivity contribution in [3.05, 3.63) is 0 Å². The maximum atomic E-state index is 11.6. The van der Waals surface area contributed by atoms with E-state index in [9.17, 15) is 4.79 Å². The van der Waals surface area contributed by atoms with Crippen molar-refractivity contribution in [3.63, 3.8) is 0 Å². The molecular weight excluding hydrogens is 224 g/mol. The molecule has 16 heavy (non-hydrogen) atoms. The van der Waals surface area contributed by atoms with Crippen LogP contribution in [0.5, 0.6) is 0 Å². The molecule has 0 radical (unpaired) electrons. The van der Waals surface area contributed by atoms with Gasteiger partial charge in [0.1, 0.15) is 0 Å². The lowest BCUT2D eigenvalue weighted by molar-refractivity contribution is -0.122. The number of rotatable bonds is 5. The summed E-state index contributed by atoms with van der Waals surface area (Å²) in [5, 5.41) is 5.97. The average Bonchev–Trinajstić information content (AvgIpc) is 2.47. The van der Waals surface area contributed by atoms with Crippen molar-refractivity contribution < 1.29 is 4.79 Å². The van der Waals surface area contributed by atoms with E-state index < -0.39 is 0 Å². The summed E-state index contributed by atoms with van der Waals surface area (Å²) in [6.07, 6.45) is 8.58. The number of hydrogen-bond donors (Lipinski definition) is 2. The first kappa shape index (κ1) is 15.7. The van der Waals surface area contributed by atoms with E-state index in [1.54, 1.807) is 0 Å². The molecule has 0 unspecified atom stereocenters. The van der Waals surface area contributed by atoms with Crippen LogP contribution >= 0.6 is 12.4 Å². The van der Waals surface area contributed by atoms with E-state index in [1.807, 2.05) is 7.05 Å². The zero-order valence-electron chi connectivity index (χ0n) is 10.3. The number of carbonyl (C=O) groups excluding carboxylic acids is 1. The second kappa shape index (κ2) is 9.91. The molecule has 0 saturated heterocycles. The van der Waals surface area contributed by atoms with Crippen LogP contribution in [-0.2, 0) is 4.79 Å². The van der Waals surface area contributed by atoms with Crippen molar-refractivity contribution in [3.8, 4) is 0 Å². The summed E-state index contributed by atoms with van der Waals surface area (Å²) < 4.78 is 0. The predicted molar refractivity (Wildman–Crippen MR) is 70.0 cm³/mol. The third kappa shape index (κ3) is 7.07. The van der Waals surface area contributed by atoms with Gasteiger partial charge >= 0.3 is 0 Å². The van der Waals surface area contributed by atoms with Crippen LogP contribution in [0.3, 0.4) is 0 Å². The van der Waals surface area contributed by atoms with E-state index in [0.717, 1.165) is 19.5 Å². The zero-order valence-corrected chi connectivity index (χ0v) is 11.1. The lowest BCUT2D eigenvalue weighted by Gasteiger charge is -2.13. The second-order valence-electron chi connectivity index (χ2n) is 4.52. The molecule has 0 spiro atoms. The highest BCUT2D eigenvalue weighted by molar-refractivity contribution is 5.85. The molecule has 96 valence electrons. The van der Waals surface area contributed by atoms with Gasteiger partial charge in [-0.05, 0) is 25.8 Å². The third-order valence-corrected chi connectivity index (χ3v) is 3.15. The van der Waals surface area contributed by atoms with Crippen LogP contribution in [0.15, 0.2) is 0 Å². The van der Waals surface area contributed by atoms with Crippen LogP contribution in [0.1, 0.15) is 44.9 Å². The summed E-state index contributed by atoms with van der Waals surface area (Å²) in [5.74, 6) is 0.874.